The second-order valence-corrected chi connectivity index (χ2v) is 6.25. The molecule has 8 heteroatoms. The van der Waals surface area contributed by atoms with E-state index < -0.39 is 0 Å². The minimum atomic E-state index is -0.147. The van der Waals surface area contributed by atoms with Gasteiger partial charge in [0.25, 0.3) is 0 Å². The zero-order valence-corrected chi connectivity index (χ0v) is 14.8. The van der Waals surface area contributed by atoms with Gasteiger partial charge in [0.15, 0.2) is 5.13 Å². The minimum Gasteiger partial charge on any atom is -0.274 e. The topological polar surface area (TPSA) is 70.5 Å². The number of benzene rings is 1. The number of hydrogen-bond donors (Lipinski definition) is 1. The number of nitrogens with one attached hydrogen (secondary N) is 1. The fourth-order valence-electron chi connectivity index (χ4n) is 2.07. The fourth-order valence-corrected chi connectivity index (χ4v) is 3.10. The molecule has 0 atom stereocenters. The summed E-state index contributed by atoms with van der Waals surface area (Å²) in [5.74, 6) is 0.491. The summed E-state index contributed by atoms with van der Waals surface area (Å²) in [7, 11) is 0. The molecule has 126 valence electrons. The van der Waals surface area contributed by atoms with Crippen LogP contribution in [0.2, 0.25) is 5.02 Å². The number of pyridine rings is 1. The first-order chi connectivity index (χ1) is 12.1. The molecule has 3 rings (SSSR count). The van der Waals surface area contributed by atoms with Crippen LogP contribution in [0, 0.1) is 0 Å². The highest BCUT2D eigenvalue weighted by Gasteiger charge is 2.17. The number of nitrogens with zero attached hydrogens (tertiary/aromatic N) is 4. The highest BCUT2D eigenvalue weighted by atomic mass is 35.5. The van der Waals surface area contributed by atoms with Crippen molar-refractivity contribution in [1.82, 2.24) is 9.97 Å². The number of anilines is 3. The summed E-state index contributed by atoms with van der Waals surface area (Å²) in [4.78, 5) is 22.1. The van der Waals surface area contributed by atoms with E-state index in [1.807, 2.05) is 23.6 Å². The second kappa shape index (κ2) is 7.87. The third kappa shape index (κ3) is 4.40. The average molecular weight is 372 g/mol. The van der Waals surface area contributed by atoms with Crippen LogP contribution in [0.4, 0.5) is 16.6 Å². The van der Waals surface area contributed by atoms with E-state index in [1.54, 1.807) is 36.7 Å². The molecule has 0 fully saturated rings. The zero-order chi connectivity index (χ0) is 17.6. The number of carbonyl (C=O) groups excluding carboxylic acids is 1. The zero-order valence-electron chi connectivity index (χ0n) is 13.3. The summed E-state index contributed by atoms with van der Waals surface area (Å²) in [6, 6.07) is 12.6. The van der Waals surface area contributed by atoms with Crippen molar-refractivity contribution in [3.8, 4) is 0 Å². The molecule has 0 spiro atoms. The Kier molecular flexibility index (Phi) is 5.37. The number of hydrazone groups is 1. The molecular weight excluding hydrogens is 358 g/mol. The Balaban J connectivity index is 1.77. The molecular formula is C17H14ClN5OS. The first-order valence-electron chi connectivity index (χ1n) is 7.35. The molecule has 2 heterocycles. The molecule has 0 aliphatic carbocycles. The number of aromatic nitrogens is 2. The van der Waals surface area contributed by atoms with Crippen molar-refractivity contribution < 1.29 is 4.79 Å². The molecule has 25 heavy (non-hydrogen) atoms. The van der Waals surface area contributed by atoms with Crippen LogP contribution in [0.25, 0.3) is 0 Å². The average Bonchev–Trinajstić information content (AvgIpc) is 3.04. The maximum absolute atomic E-state index is 12.1. The highest BCUT2D eigenvalue weighted by molar-refractivity contribution is 7.14. The summed E-state index contributed by atoms with van der Waals surface area (Å²) in [5.41, 5.74) is 4.13. The van der Waals surface area contributed by atoms with Crippen molar-refractivity contribution in [2.45, 2.75) is 6.92 Å². The monoisotopic (exact) mass is 371 g/mol. The number of thiazole rings is 1. The Hall–Kier alpha value is -2.77. The van der Waals surface area contributed by atoms with Crippen LogP contribution in [0.1, 0.15) is 12.6 Å². The van der Waals surface area contributed by atoms with E-state index in [0.29, 0.717) is 27.4 Å². The van der Waals surface area contributed by atoms with Crippen molar-refractivity contribution in [3.63, 3.8) is 0 Å². The standard InChI is InChI=1S/C17H14ClN5OS/c1-12(24)23(15-6-4-5-13(18)9-15)17-21-14(11-25-17)10-20-22-16-7-2-3-8-19-16/h2-11H,1H3,(H,19,22)/b20-10-. The molecule has 0 saturated heterocycles. The number of carbonyl (C=O) groups is 1. The number of halogens is 1. The predicted octanol–water partition coefficient (Wildman–Crippen LogP) is 4.32. The SMILES string of the molecule is CC(=O)N(c1cccc(Cl)c1)c1nc(/C=N\Nc2ccccn2)cs1. The molecule has 6 nitrogen and oxygen atoms in total. The van der Waals surface area contributed by atoms with Gasteiger partial charge in [0.2, 0.25) is 5.91 Å². The van der Waals surface area contributed by atoms with Crippen molar-refractivity contribution in [3.05, 3.63) is 64.8 Å². The molecule has 0 aliphatic rings. The Labute approximate surface area is 153 Å². The quantitative estimate of drug-likeness (QED) is 0.535. The van der Waals surface area contributed by atoms with E-state index in [-0.39, 0.29) is 5.91 Å². The largest absolute Gasteiger partial charge is 0.274 e. The molecule has 1 amide bonds. The third-order valence-electron chi connectivity index (χ3n) is 3.12. The van der Waals surface area contributed by atoms with E-state index in [4.69, 9.17) is 11.6 Å². The lowest BCUT2D eigenvalue weighted by Crippen LogP contribution is -2.22. The second-order valence-electron chi connectivity index (χ2n) is 4.97. The lowest BCUT2D eigenvalue weighted by atomic mass is 10.3. The van der Waals surface area contributed by atoms with E-state index in [1.165, 1.54) is 23.2 Å². The minimum absolute atomic E-state index is 0.147. The fraction of sp³-hybridized carbons (Fsp3) is 0.0588. The highest BCUT2D eigenvalue weighted by Crippen LogP contribution is 2.30. The summed E-state index contributed by atoms with van der Waals surface area (Å²) in [5, 5.41) is 7.02. The van der Waals surface area contributed by atoms with Gasteiger partial charge < -0.3 is 0 Å². The van der Waals surface area contributed by atoms with Gasteiger partial charge in [0.1, 0.15) is 5.82 Å². The molecule has 0 saturated carbocycles. The molecule has 0 aliphatic heterocycles. The molecule has 0 radical (unpaired) electrons. The maximum Gasteiger partial charge on any atom is 0.230 e. The molecule has 1 N–H and O–H groups in total. The van der Waals surface area contributed by atoms with Gasteiger partial charge in [0.05, 0.1) is 17.6 Å². The molecule has 2 aromatic heterocycles. The first-order valence-corrected chi connectivity index (χ1v) is 8.61. The Morgan fingerprint density at radius 3 is 2.92 bits per heavy atom. The van der Waals surface area contributed by atoms with Gasteiger partial charge in [-0.15, -0.1) is 11.3 Å². The summed E-state index contributed by atoms with van der Waals surface area (Å²) < 4.78 is 0. The van der Waals surface area contributed by atoms with Crippen molar-refractivity contribution in [2.24, 2.45) is 5.10 Å². The molecule has 3 aromatic rings. The molecule has 1 aromatic carbocycles. The maximum atomic E-state index is 12.1. The smallest absolute Gasteiger partial charge is 0.230 e. The number of rotatable bonds is 5. The van der Waals surface area contributed by atoms with Crippen LogP contribution >= 0.6 is 22.9 Å². The van der Waals surface area contributed by atoms with Gasteiger partial charge in [0, 0.05) is 23.5 Å². The number of hydrogen-bond acceptors (Lipinski definition) is 6. The Morgan fingerprint density at radius 1 is 1.32 bits per heavy atom. The van der Waals surface area contributed by atoms with Crippen LogP contribution in [0.3, 0.4) is 0 Å². The van der Waals surface area contributed by atoms with Gasteiger partial charge in [-0.1, -0.05) is 23.7 Å². The van der Waals surface area contributed by atoms with Crippen molar-refractivity contribution >= 4 is 51.7 Å². The van der Waals surface area contributed by atoms with E-state index >= 15 is 0 Å². The van der Waals surface area contributed by atoms with Gasteiger partial charge in [-0.25, -0.2) is 9.97 Å². The van der Waals surface area contributed by atoms with Gasteiger partial charge >= 0.3 is 0 Å². The van der Waals surface area contributed by atoms with Crippen LogP contribution in [0.5, 0.6) is 0 Å². The van der Waals surface area contributed by atoms with E-state index in [9.17, 15) is 4.79 Å². The first kappa shape index (κ1) is 17.1. The van der Waals surface area contributed by atoms with Crippen LogP contribution in [0.15, 0.2) is 59.1 Å². The summed E-state index contributed by atoms with van der Waals surface area (Å²) >= 11 is 7.37. The Bertz CT molecular complexity index is 897. The predicted molar refractivity (Wildman–Crippen MR) is 102 cm³/mol. The van der Waals surface area contributed by atoms with Gasteiger partial charge in [-0.2, -0.15) is 5.10 Å². The van der Waals surface area contributed by atoms with E-state index in [2.05, 4.69) is 20.5 Å². The summed E-state index contributed by atoms with van der Waals surface area (Å²) in [6.07, 6.45) is 3.25. The molecule has 0 unspecified atom stereocenters. The summed E-state index contributed by atoms with van der Waals surface area (Å²) in [6.45, 7) is 1.48. The normalized spacial score (nSPS) is 10.8. The third-order valence-corrected chi connectivity index (χ3v) is 4.20. The van der Waals surface area contributed by atoms with Crippen LogP contribution in [-0.4, -0.2) is 22.1 Å². The van der Waals surface area contributed by atoms with Crippen molar-refractivity contribution in [1.29, 1.82) is 0 Å². The Morgan fingerprint density at radius 2 is 2.20 bits per heavy atom. The van der Waals surface area contributed by atoms with Gasteiger partial charge in [-0.05, 0) is 30.3 Å². The van der Waals surface area contributed by atoms with E-state index in [0.717, 1.165) is 0 Å². The van der Waals surface area contributed by atoms with Crippen LogP contribution < -0.4 is 10.3 Å². The lowest BCUT2D eigenvalue weighted by Gasteiger charge is -2.18. The van der Waals surface area contributed by atoms with Gasteiger partial charge in [-0.3, -0.25) is 15.1 Å². The van der Waals surface area contributed by atoms with Crippen molar-refractivity contribution in [2.75, 3.05) is 10.3 Å². The van der Waals surface area contributed by atoms with Crippen LogP contribution in [-0.2, 0) is 4.79 Å². The number of amides is 1. The lowest BCUT2D eigenvalue weighted by molar-refractivity contribution is -0.115. The molecule has 0 bridgehead atoms.